The average molecular weight is 365 g/mol. The summed E-state index contributed by atoms with van der Waals surface area (Å²) in [5.74, 6) is 0.571. The molecular formula is C18H27N3O3S. The topological polar surface area (TPSA) is 69.7 Å². The number of benzene rings is 1. The molecule has 0 unspecified atom stereocenters. The number of nitrogens with one attached hydrogen (secondary N) is 1. The van der Waals surface area contributed by atoms with Crippen LogP contribution in [0.1, 0.15) is 24.8 Å². The molecule has 3 fully saturated rings. The third-order valence-corrected chi connectivity index (χ3v) is 5.79. The summed E-state index contributed by atoms with van der Waals surface area (Å²) >= 11 is 0. The Kier molecular flexibility index (Phi) is 5.76. The molecule has 0 spiro atoms. The number of carbonyl (C=O) groups is 1. The van der Waals surface area contributed by atoms with Crippen LogP contribution in [-0.4, -0.2) is 62.6 Å². The second-order valence-electron chi connectivity index (χ2n) is 7.24. The molecule has 1 N–H and O–H groups in total. The Morgan fingerprint density at radius 2 is 1.92 bits per heavy atom. The minimum atomic E-state index is -3.24. The van der Waals surface area contributed by atoms with Gasteiger partial charge in [0.15, 0.2) is 0 Å². The highest BCUT2D eigenvalue weighted by Crippen LogP contribution is 2.29. The monoisotopic (exact) mass is 365 g/mol. The standard InChI is InChI=1S/C18H27N3O3S/c1-25(23,24)19-10-9-18(22)21-13-16-7-8-17(21)14-20(12-16)11-15-5-3-2-4-6-15/h2-6,16-17,19H,7-14H2,1H3/t16-,17+/m0/s1. The second kappa shape index (κ2) is 7.85. The highest BCUT2D eigenvalue weighted by Gasteiger charge is 2.36. The molecule has 3 aliphatic heterocycles. The summed E-state index contributed by atoms with van der Waals surface area (Å²) < 4.78 is 24.7. The van der Waals surface area contributed by atoms with Gasteiger partial charge in [-0.1, -0.05) is 30.3 Å². The van der Waals surface area contributed by atoms with Crippen molar-refractivity contribution in [2.24, 2.45) is 5.92 Å². The molecule has 3 aliphatic rings. The maximum atomic E-state index is 12.6. The van der Waals surface area contributed by atoms with Crippen LogP contribution in [0.25, 0.3) is 0 Å². The number of sulfonamides is 1. The van der Waals surface area contributed by atoms with Crippen LogP contribution in [0.2, 0.25) is 0 Å². The number of hydrogen-bond donors (Lipinski definition) is 1. The molecule has 1 aromatic carbocycles. The van der Waals surface area contributed by atoms with Gasteiger partial charge in [-0.25, -0.2) is 13.1 Å². The summed E-state index contributed by atoms with van der Waals surface area (Å²) in [5.41, 5.74) is 1.30. The highest BCUT2D eigenvalue weighted by atomic mass is 32.2. The predicted octanol–water partition coefficient (Wildman–Crippen LogP) is 1.05. The normalized spacial score (nSPS) is 24.3. The summed E-state index contributed by atoms with van der Waals surface area (Å²) in [7, 11) is -3.24. The van der Waals surface area contributed by atoms with E-state index in [9.17, 15) is 13.2 Å². The van der Waals surface area contributed by atoms with Crippen LogP contribution in [0.4, 0.5) is 0 Å². The van der Waals surface area contributed by atoms with Crippen LogP contribution in [0.3, 0.4) is 0 Å². The Morgan fingerprint density at radius 1 is 1.16 bits per heavy atom. The number of piperidine rings is 1. The van der Waals surface area contributed by atoms with Gasteiger partial charge in [-0.3, -0.25) is 9.69 Å². The molecule has 138 valence electrons. The smallest absolute Gasteiger partial charge is 0.224 e. The van der Waals surface area contributed by atoms with E-state index in [1.54, 1.807) is 0 Å². The molecule has 1 aromatic rings. The molecule has 0 aromatic heterocycles. The van der Waals surface area contributed by atoms with Crippen molar-refractivity contribution in [2.45, 2.75) is 31.8 Å². The van der Waals surface area contributed by atoms with Gasteiger partial charge < -0.3 is 4.90 Å². The number of hydrogen-bond acceptors (Lipinski definition) is 4. The minimum absolute atomic E-state index is 0.0624. The van der Waals surface area contributed by atoms with E-state index in [-0.39, 0.29) is 24.9 Å². The van der Waals surface area contributed by atoms with E-state index >= 15 is 0 Å². The van der Waals surface area contributed by atoms with Gasteiger partial charge in [0.1, 0.15) is 0 Å². The lowest BCUT2D eigenvalue weighted by molar-refractivity contribution is -0.135. The van der Waals surface area contributed by atoms with Gasteiger partial charge >= 0.3 is 0 Å². The largest absolute Gasteiger partial charge is 0.338 e. The highest BCUT2D eigenvalue weighted by molar-refractivity contribution is 7.88. The molecule has 2 bridgehead atoms. The van der Waals surface area contributed by atoms with Crippen LogP contribution in [0.15, 0.2) is 30.3 Å². The van der Waals surface area contributed by atoms with Crippen molar-refractivity contribution < 1.29 is 13.2 Å². The van der Waals surface area contributed by atoms with Gasteiger partial charge in [0.05, 0.1) is 6.26 Å². The maximum Gasteiger partial charge on any atom is 0.224 e. The second-order valence-corrected chi connectivity index (χ2v) is 9.07. The zero-order valence-electron chi connectivity index (χ0n) is 14.7. The van der Waals surface area contributed by atoms with E-state index in [0.29, 0.717) is 5.92 Å². The zero-order valence-corrected chi connectivity index (χ0v) is 15.5. The van der Waals surface area contributed by atoms with E-state index in [2.05, 4.69) is 33.9 Å². The molecule has 4 rings (SSSR count). The summed E-state index contributed by atoms with van der Waals surface area (Å²) in [4.78, 5) is 17.0. The number of amides is 1. The van der Waals surface area contributed by atoms with E-state index in [1.165, 1.54) is 12.0 Å². The fourth-order valence-corrected chi connectivity index (χ4v) is 4.42. The van der Waals surface area contributed by atoms with Gasteiger partial charge in [-0.05, 0) is 24.3 Å². The molecule has 0 aliphatic carbocycles. The van der Waals surface area contributed by atoms with Crippen molar-refractivity contribution in [2.75, 3.05) is 32.4 Å². The number of fused-ring (bicyclic) bond motifs is 4. The summed E-state index contributed by atoms with van der Waals surface area (Å²) in [5, 5.41) is 0. The van der Waals surface area contributed by atoms with Gasteiger partial charge in [0.25, 0.3) is 0 Å². The van der Waals surface area contributed by atoms with E-state index < -0.39 is 10.0 Å². The van der Waals surface area contributed by atoms with Crippen LogP contribution >= 0.6 is 0 Å². The number of nitrogens with zero attached hydrogens (tertiary/aromatic N) is 2. The third-order valence-electron chi connectivity index (χ3n) is 5.06. The molecule has 6 nitrogen and oxygen atoms in total. The molecule has 3 heterocycles. The number of carbonyl (C=O) groups excluding carboxylic acids is 1. The summed E-state index contributed by atoms with van der Waals surface area (Å²) in [6.45, 7) is 3.83. The quantitative estimate of drug-likeness (QED) is 0.818. The lowest BCUT2D eigenvalue weighted by Crippen LogP contribution is -2.48. The van der Waals surface area contributed by atoms with Crippen LogP contribution in [0.5, 0.6) is 0 Å². The first-order valence-electron chi connectivity index (χ1n) is 8.91. The van der Waals surface area contributed by atoms with E-state index in [1.807, 2.05) is 11.0 Å². The Hall–Kier alpha value is -1.44. The molecule has 25 heavy (non-hydrogen) atoms. The first-order chi connectivity index (χ1) is 11.9. The van der Waals surface area contributed by atoms with Crippen molar-refractivity contribution in [1.29, 1.82) is 0 Å². The summed E-state index contributed by atoms with van der Waals surface area (Å²) in [6.07, 6.45) is 3.56. The Balaban J connectivity index is 1.58. The third kappa shape index (κ3) is 5.26. The van der Waals surface area contributed by atoms with Gasteiger partial charge in [0.2, 0.25) is 15.9 Å². The van der Waals surface area contributed by atoms with Crippen molar-refractivity contribution in [3.05, 3.63) is 35.9 Å². The average Bonchev–Trinajstić information content (AvgIpc) is 2.85. The van der Waals surface area contributed by atoms with Crippen molar-refractivity contribution in [3.8, 4) is 0 Å². The molecule has 2 atom stereocenters. The molecule has 1 amide bonds. The van der Waals surface area contributed by atoms with Crippen LogP contribution < -0.4 is 4.72 Å². The van der Waals surface area contributed by atoms with Crippen molar-refractivity contribution in [3.63, 3.8) is 0 Å². The Morgan fingerprint density at radius 3 is 2.64 bits per heavy atom. The number of rotatable bonds is 6. The Bertz CT molecular complexity index is 693. The lowest BCUT2D eigenvalue weighted by Gasteiger charge is -2.36. The first-order valence-corrected chi connectivity index (χ1v) is 10.8. The van der Waals surface area contributed by atoms with Crippen molar-refractivity contribution >= 4 is 15.9 Å². The van der Waals surface area contributed by atoms with Crippen LogP contribution in [0, 0.1) is 5.92 Å². The minimum Gasteiger partial charge on any atom is -0.338 e. The van der Waals surface area contributed by atoms with Gasteiger partial charge in [-0.15, -0.1) is 0 Å². The van der Waals surface area contributed by atoms with E-state index in [4.69, 9.17) is 0 Å². The molecule has 3 saturated heterocycles. The van der Waals surface area contributed by atoms with Gasteiger partial charge in [0, 0.05) is 45.2 Å². The Labute approximate surface area is 150 Å². The summed E-state index contributed by atoms with van der Waals surface area (Å²) in [6, 6.07) is 10.7. The van der Waals surface area contributed by atoms with Crippen LogP contribution in [-0.2, 0) is 21.4 Å². The van der Waals surface area contributed by atoms with E-state index in [0.717, 1.165) is 38.9 Å². The SMILES string of the molecule is CS(=O)(=O)NCCC(=O)N1C[C@H]2CC[C@@H]1CN(Cc1ccccc1)C2. The molecular weight excluding hydrogens is 338 g/mol. The van der Waals surface area contributed by atoms with Crippen molar-refractivity contribution in [1.82, 2.24) is 14.5 Å². The first kappa shape index (κ1) is 18.4. The zero-order chi connectivity index (χ0) is 17.9. The molecule has 0 radical (unpaired) electrons. The molecule has 7 heteroatoms. The van der Waals surface area contributed by atoms with Gasteiger partial charge in [-0.2, -0.15) is 0 Å². The lowest BCUT2D eigenvalue weighted by atomic mass is 9.95. The maximum absolute atomic E-state index is 12.6. The fourth-order valence-electron chi connectivity index (χ4n) is 3.94. The molecule has 0 saturated carbocycles. The fraction of sp³-hybridized carbons (Fsp3) is 0.611. The predicted molar refractivity (Wildman–Crippen MR) is 97.4 cm³/mol.